The lowest BCUT2D eigenvalue weighted by Crippen LogP contribution is -2.35. The quantitative estimate of drug-likeness (QED) is 0.315. The molecule has 1 aliphatic carbocycles. The number of hydrogen-bond donors (Lipinski definition) is 1. The van der Waals surface area contributed by atoms with Crippen LogP contribution in [0.5, 0.6) is 5.75 Å². The Balaban J connectivity index is 0.000000170. The van der Waals surface area contributed by atoms with Gasteiger partial charge in [0, 0.05) is 37.8 Å². The van der Waals surface area contributed by atoms with Crippen LogP contribution >= 0.6 is 0 Å². The van der Waals surface area contributed by atoms with Crippen molar-refractivity contribution in [2.75, 3.05) is 45.4 Å². The molecule has 7 heteroatoms. The summed E-state index contributed by atoms with van der Waals surface area (Å²) in [6, 6.07) is 22.8. The molecule has 41 heavy (non-hydrogen) atoms. The standard InChI is InChI=1S/C20H21N3O.C12H13NO2.C2H6/c1-2-4-19-18(3-1)20(22-21-19)10-9-16-5-7-17(8-6-16)15-23-11-13-24-14-12-23;1-13-10-4-3-8(15-2)7-9(10)12(5-6-12)11(13)14;1-2/h1-10H,11-15H2,(H,21,22);3-4,7H,5-6H2,1-2H3;1-2H3/b10-9+;;. The molecule has 2 aliphatic heterocycles. The number of likely N-dealkylation sites (N-methyl/N-ethyl adjacent to an activating group) is 1. The Morgan fingerprint density at radius 1 is 1.00 bits per heavy atom. The van der Waals surface area contributed by atoms with Crippen molar-refractivity contribution in [3.8, 4) is 5.75 Å². The fraction of sp³-hybridized carbons (Fsp3) is 0.353. The summed E-state index contributed by atoms with van der Waals surface area (Å²) in [5.41, 5.74) is 6.57. The van der Waals surface area contributed by atoms with Crippen LogP contribution in [-0.4, -0.2) is 61.5 Å². The van der Waals surface area contributed by atoms with E-state index < -0.39 is 0 Å². The van der Waals surface area contributed by atoms with E-state index in [0.29, 0.717) is 0 Å². The van der Waals surface area contributed by atoms with E-state index >= 15 is 0 Å². The smallest absolute Gasteiger partial charge is 0.237 e. The van der Waals surface area contributed by atoms with E-state index in [9.17, 15) is 4.79 Å². The van der Waals surface area contributed by atoms with Crippen molar-refractivity contribution in [2.45, 2.75) is 38.6 Å². The number of benzene rings is 3. The number of ether oxygens (including phenoxy) is 2. The zero-order valence-electron chi connectivity index (χ0n) is 24.5. The molecule has 0 atom stereocenters. The minimum absolute atomic E-state index is 0.196. The third-order valence-corrected chi connectivity index (χ3v) is 7.97. The molecule has 1 amide bonds. The summed E-state index contributed by atoms with van der Waals surface area (Å²) in [4.78, 5) is 16.2. The Bertz CT molecular complexity index is 1500. The zero-order valence-corrected chi connectivity index (χ0v) is 24.5. The molecule has 3 heterocycles. The van der Waals surface area contributed by atoms with Crippen LogP contribution in [0.3, 0.4) is 0 Å². The van der Waals surface area contributed by atoms with E-state index in [-0.39, 0.29) is 11.3 Å². The number of rotatable bonds is 5. The molecule has 7 nitrogen and oxygen atoms in total. The van der Waals surface area contributed by atoms with Gasteiger partial charge in [0.05, 0.1) is 36.9 Å². The molecule has 7 rings (SSSR count). The van der Waals surface area contributed by atoms with Crippen LogP contribution < -0.4 is 9.64 Å². The summed E-state index contributed by atoms with van der Waals surface area (Å²) in [5, 5.41) is 8.59. The Hall–Kier alpha value is -3.94. The number of aromatic amines is 1. The monoisotopic (exact) mass is 552 g/mol. The number of carbonyl (C=O) groups is 1. The predicted molar refractivity (Wildman–Crippen MR) is 166 cm³/mol. The Kier molecular flexibility index (Phi) is 8.86. The number of fused-ring (bicyclic) bond motifs is 3. The number of nitrogens with zero attached hydrogens (tertiary/aromatic N) is 3. The molecule has 1 aromatic heterocycles. The van der Waals surface area contributed by atoms with Crippen molar-refractivity contribution in [1.29, 1.82) is 0 Å². The molecule has 2 fully saturated rings. The van der Waals surface area contributed by atoms with Crippen molar-refractivity contribution in [3.05, 3.63) is 89.1 Å². The average Bonchev–Trinajstić information content (AvgIpc) is 3.70. The minimum Gasteiger partial charge on any atom is -0.497 e. The van der Waals surface area contributed by atoms with Gasteiger partial charge in [-0.2, -0.15) is 5.10 Å². The zero-order chi connectivity index (χ0) is 28.8. The number of anilines is 1. The van der Waals surface area contributed by atoms with Crippen molar-refractivity contribution >= 4 is 34.6 Å². The maximum Gasteiger partial charge on any atom is 0.237 e. The maximum absolute atomic E-state index is 12.0. The lowest BCUT2D eigenvalue weighted by molar-refractivity contribution is -0.119. The summed E-state index contributed by atoms with van der Waals surface area (Å²) >= 11 is 0. The number of aromatic nitrogens is 2. The first-order chi connectivity index (χ1) is 20.1. The molecular weight excluding hydrogens is 512 g/mol. The number of carbonyl (C=O) groups excluding carboxylic acids is 1. The first-order valence-electron chi connectivity index (χ1n) is 14.5. The van der Waals surface area contributed by atoms with Crippen LogP contribution in [0.4, 0.5) is 5.69 Å². The number of morpholine rings is 1. The van der Waals surface area contributed by atoms with Gasteiger partial charge in [-0.3, -0.25) is 14.8 Å². The third-order valence-electron chi connectivity index (χ3n) is 7.97. The Labute approximate surface area is 242 Å². The molecule has 0 unspecified atom stereocenters. The molecule has 3 aromatic carbocycles. The summed E-state index contributed by atoms with van der Waals surface area (Å²) in [7, 11) is 3.50. The highest BCUT2D eigenvalue weighted by atomic mass is 16.5. The molecule has 1 saturated heterocycles. The molecule has 0 radical (unpaired) electrons. The molecule has 214 valence electrons. The van der Waals surface area contributed by atoms with Crippen LogP contribution in [-0.2, 0) is 21.5 Å². The van der Waals surface area contributed by atoms with E-state index in [1.807, 2.05) is 57.3 Å². The second kappa shape index (κ2) is 12.7. The summed E-state index contributed by atoms with van der Waals surface area (Å²) in [6.07, 6.45) is 6.14. The molecule has 0 bridgehead atoms. The molecule has 1 spiro atoms. The second-order valence-corrected chi connectivity index (χ2v) is 10.4. The van der Waals surface area contributed by atoms with Gasteiger partial charge in [0.2, 0.25) is 5.91 Å². The van der Waals surface area contributed by atoms with Crippen LogP contribution in [0.15, 0.2) is 66.7 Å². The lowest BCUT2D eigenvalue weighted by atomic mass is 9.98. The van der Waals surface area contributed by atoms with Crippen molar-refractivity contribution in [3.63, 3.8) is 0 Å². The highest BCUT2D eigenvalue weighted by Crippen LogP contribution is 2.57. The largest absolute Gasteiger partial charge is 0.497 e. The van der Waals surface area contributed by atoms with Crippen LogP contribution in [0.2, 0.25) is 0 Å². The Morgan fingerprint density at radius 3 is 2.44 bits per heavy atom. The van der Waals surface area contributed by atoms with Crippen molar-refractivity contribution in [2.24, 2.45) is 0 Å². The van der Waals surface area contributed by atoms with E-state index in [4.69, 9.17) is 9.47 Å². The number of nitrogens with one attached hydrogen (secondary N) is 1. The van der Waals surface area contributed by atoms with E-state index in [1.54, 1.807) is 12.0 Å². The highest BCUT2D eigenvalue weighted by molar-refractivity contribution is 6.09. The van der Waals surface area contributed by atoms with E-state index in [2.05, 4.69) is 57.6 Å². The molecule has 3 aliphatic rings. The number of hydrogen-bond acceptors (Lipinski definition) is 5. The van der Waals surface area contributed by atoms with Crippen molar-refractivity contribution < 1.29 is 14.3 Å². The fourth-order valence-electron chi connectivity index (χ4n) is 5.51. The topological polar surface area (TPSA) is 70.7 Å². The van der Waals surface area contributed by atoms with Crippen LogP contribution in [0.1, 0.15) is 49.1 Å². The lowest BCUT2D eigenvalue weighted by Gasteiger charge is -2.26. The highest BCUT2D eigenvalue weighted by Gasteiger charge is 2.58. The molecule has 1 saturated carbocycles. The van der Waals surface area contributed by atoms with Crippen LogP contribution in [0.25, 0.3) is 23.1 Å². The predicted octanol–water partition coefficient (Wildman–Crippen LogP) is 6.29. The third kappa shape index (κ3) is 6.06. The van der Waals surface area contributed by atoms with Gasteiger partial charge in [0.25, 0.3) is 0 Å². The van der Waals surface area contributed by atoms with E-state index in [0.717, 1.165) is 79.3 Å². The van der Waals surface area contributed by atoms with Gasteiger partial charge >= 0.3 is 0 Å². The Morgan fingerprint density at radius 2 is 1.73 bits per heavy atom. The number of H-pyrrole nitrogens is 1. The number of methoxy groups -OCH3 is 1. The summed E-state index contributed by atoms with van der Waals surface area (Å²) in [6.45, 7) is 8.73. The fourth-order valence-corrected chi connectivity index (χ4v) is 5.51. The second-order valence-electron chi connectivity index (χ2n) is 10.4. The first kappa shape index (κ1) is 28.6. The minimum atomic E-state index is -0.196. The molecule has 4 aromatic rings. The van der Waals surface area contributed by atoms with Gasteiger partial charge in [0.15, 0.2) is 0 Å². The molecular formula is C34H40N4O3. The van der Waals surface area contributed by atoms with Crippen LogP contribution in [0, 0.1) is 0 Å². The number of para-hydroxylation sites is 1. The van der Waals surface area contributed by atoms with Gasteiger partial charge in [0.1, 0.15) is 5.75 Å². The SMILES string of the molecule is C(=C\c1n[nH]c2ccccc12)/c1ccc(CN2CCOCC2)cc1.CC.COc1ccc2c(c1)C1(CC1)C(=O)N2C. The van der Waals surface area contributed by atoms with Crippen molar-refractivity contribution in [1.82, 2.24) is 15.1 Å². The summed E-state index contributed by atoms with van der Waals surface area (Å²) < 4.78 is 10.6. The summed E-state index contributed by atoms with van der Waals surface area (Å²) in [5.74, 6) is 1.08. The normalized spacial score (nSPS) is 17.2. The maximum atomic E-state index is 12.0. The van der Waals surface area contributed by atoms with Gasteiger partial charge in [-0.15, -0.1) is 0 Å². The average molecular weight is 553 g/mol. The van der Waals surface area contributed by atoms with Gasteiger partial charge in [-0.25, -0.2) is 0 Å². The first-order valence-corrected chi connectivity index (χ1v) is 14.5. The molecule has 1 N–H and O–H groups in total. The van der Waals surface area contributed by atoms with Gasteiger partial charge < -0.3 is 14.4 Å². The number of amides is 1. The van der Waals surface area contributed by atoms with Gasteiger partial charge in [-0.1, -0.05) is 62.4 Å². The van der Waals surface area contributed by atoms with E-state index in [1.165, 1.54) is 11.1 Å². The van der Waals surface area contributed by atoms with Gasteiger partial charge in [-0.05, 0) is 59.9 Å².